The molecular weight excluding hydrogens is 443 g/mol. The van der Waals surface area contributed by atoms with Crippen LogP contribution in [0.4, 0.5) is 4.39 Å². The number of ether oxygens (including phenoxy) is 1. The summed E-state index contributed by atoms with van der Waals surface area (Å²) in [5.41, 5.74) is 4.51. The molecule has 0 spiro atoms. The summed E-state index contributed by atoms with van der Waals surface area (Å²) < 4.78 is 44.7. The zero-order chi connectivity index (χ0) is 23.2. The van der Waals surface area contributed by atoms with E-state index in [1.165, 1.54) is 24.0 Å². The van der Waals surface area contributed by atoms with Gasteiger partial charge < -0.3 is 9.72 Å². The third-order valence-corrected chi connectivity index (χ3v) is 7.95. The molecule has 1 saturated heterocycles. The molecule has 0 saturated carbocycles. The number of aromatic amines is 1. The molecule has 1 N–H and O–H groups in total. The van der Waals surface area contributed by atoms with Crippen LogP contribution in [-0.4, -0.2) is 73.2 Å². The van der Waals surface area contributed by atoms with E-state index in [1.807, 2.05) is 6.07 Å². The Morgan fingerprint density at radius 2 is 2.03 bits per heavy atom. The molecule has 0 bridgehead atoms. The van der Waals surface area contributed by atoms with Crippen LogP contribution in [0.15, 0.2) is 42.6 Å². The van der Waals surface area contributed by atoms with Crippen molar-refractivity contribution in [1.29, 1.82) is 0 Å². The Morgan fingerprint density at radius 1 is 1.18 bits per heavy atom. The van der Waals surface area contributed by atoms with Crippen molar-refractivity contribution in [1.82, 2.24) is 19.2 Å². The average Bonchev–Trinajstić information content (AvgIpc) is 3.46. The fourth-order valence-corrected chi connectivity index (χ4v) is 5.78. The molecule has 4 heterocycles. The average molecular weight is 471 g/mol. The van der Waals surface area contributed by atoms with Crippen LogP contribution in [0.5, 0.6) is 5.75 Å². The van der Waals surface area contributed by atoms with Crippen molar-refractivity contribution >= 4 is 26.6 Å². The summed E-state index contributed by atoms with van der Waals surface area (Å²) in [7, 11) is -1.55. The van der Waals surface area contributed by atoms with E-state index in [2.05, 4.69) is 27.0 Å². The van der Waals surface area contributed by atoms with E-state index < -0.39 is 10.0 Å². The van der Waals surface area contributed by atoms with Crippen molar-refractivity contribution in [2.75, 3.05) is 39.5 Å². The first kappa shape index (κ1) is 22.1. The van der Waals surface area contributed by atoms with Gasteiger partial charge in [0, 0.05) is 55.1 Å². The number of hydrogen-bond acceptors (Lipinski definition) is 5. The Bertz CT molecular complexity index is 1330. The standard InChI is InChI=1S/C24H27FN4O3S/c1-32-23-4-3-17(25)13-20(23)19-5-9-26-24-21(19)14-22(27-24)16-6-10-28(11-7-16)18-8-12-29(15-18)33(2,30)31/h3-6,9,13-14,18H,7-8,10-12,15H2,1-2H3,(H,26,27). The second-order valence-corrected chi connectivity index (χ2v) is 10.7. The number of fused-ring (bicyclic) bond motifs is 1. The van der Waals surface area contributed by atoms with Gasteiger partial charge in [-0.05, 0) is 54.3 Å². The molecule has 0 radical (unpaired) electrons. The van der Waals surface area contributed by atoms with Crippen LogP contribution in [0.25, 0.3) is 27.7 Å². The first-order valence-electron chi connectivity index (χ1n) is 11.0. The van der Waals surface area contributed by atoms with Gasteiger partial charge in [-0.15, -0.1) is 0 Å². The maximum Gasteiger partial charge on any atom is 0.211 e. The molecule has 2 aromatic heterocycles. The summed E-state index contributed by atoms with van der Waals surface area (Å²) in [6.07, 6.45) is 6.93. The van der Waals surface area contributed by atoms with E-state index in [-0.39, 0.29) is 11.9 Å². The first-order valence-corrected chi connectivity index (χ1v) is 12.9. The number of pyridine rings is 1. The highest BCUT2D eigenvalue weighted by molar-refractivity contribution is 7.88. The van der Waals surface area contributed by atoms with Crippen LogP contribution in [0.3, 0.4) is 0 Å². The first-order chi connectivity index (χ1) is 15.8. The SMILES string of the molecule is COc1ccc(F)cc1-c1ccnc2[nH]c(C3=CCN(C4CCN(S(C)(=O)=O)C4)CC3)cc12. The zero-order valence-electron chi connectivity index (χ0n) is 18.7. The van der Waals surface area contributed by atoms with Crippen LogP contribution in [-0.2, 0) is 10.0 Å². The monoisotopic (exact) mass is 470 g/mol. The predicted octanol–water partition coefficient (Wildman–Crippen LogP) is 3.50. The normalized spacial score (nSPS) is 20.3. The van der Waals surface area contributed by atoms with E-state index in [1.54, 1.807) is 23.7 Å². The van der Waals surface area contributed by atoms with E-state index in [0.717, 1.165) is 48.2 Å². The Morgan fingerprint density at radius 3 is 2.73 bits per heavy atom. The Kier molecular flexibility index (Phi) is 5.72. The summed E-state index contributed by atoms with van der Waals surface area (Å²) in [5.74, 6) is 0.293. The molecule has 2 aliphatic heterocycles. The second kappa shape index (κ2) is 8.55. The second-order valence-electron chi connectivity index (χ2n) is 8.69. The van der Waals surface area contributed by atoms with Crippen LogP contribution in [0, 0.1) is 5.82 Å². The van der Waals surface area contributed by atoms with Crippen LogP contribution in [0.1, 0.15) is 18.5 Å². The fourth-order valence-electron chi connectivity index (χ4n) is 4.90. The number of nitrogens with zero attached hydrogens (tertiary/aromatic N) is 3. The van der Waals surface area contributed by atoms with Crippen molar-refractivity contribution in [3.8, 4) is 16.9 Å². The minimum atomic E-state index is -3.13. The Hall–Kier alpha value is -2.75. The van der Waals surface area contributed by atoms with Crippen LogP contribution in [0.2, 0.25) is 0 Å². The van der Waals surface area contributed by atoms with Gasteiger partial charge in [0.2, 0.25) is 10.0 Å². The summed E-state index contributed by atoms with van der Waals surface area (Å²) in [6, 6.07) is 8.72. The van der Waals surface area contributed by atoms with Crippen LogP contribution >= 0.6 is 0 Å². The van der Waals surface area contributed by atoms with Crippen molar-refractivity contribution in [3.05, 3.63) is 54.1 Å². The molecule has 174 valence electrons. The third kappa shape index (κ3) is 4.28. The van der Waals surface area contributed by atoms with E-state index in [0.29, 0.717) is 24.4 Å². The van der Waals surface area contributed by atoms with E-state index in [9.17, 15) is 12.8 Å². The summed E-state index contributed by atoms with van der Waals surface area (Å²) in [6.45, 7) is 2.82. The number of benzene rings is 1. The highest BCUT2D eigenvalue weighted by atomic mass is 32.2. The number of rotatable bonds is 5. The lowest BCUT2D eigenvalue weighted by molar-refractivity contribution is 0.224. The minimum absolute atomic E-state index is 0.258. The molecule has 3 aromatic rings. The van der Waals surface area contributed by atoms with Gasteiger partial charge in [-0.25, -0.2) is 22.1 Å². The number of nitrogens with one attached hydrogen (secondary N) is 1. The van der Waals surface area contributed by atoms with Gasteiger partial charge in [0.1, 0.15) is 17.2 Å². The molecule has 1 aromatic carbocycles. The van der Waals surface area contributed by atoms with Gasteiger partial charge in [0.05, 0.1) is 13.4 Å². The smallest absolute Gasteiger partial charge is 0.211 e. The zero-order valence-corrected chi connectivity index (χ0v) is 19.5. The lowest BCUT2D eigenvalue weighted by atomic mass is 10.0. The largest absolute Gasteiger partial charge is 0.496 e. The highest BCUT2D eigenvalue weighted by Gasteiger charge is 2.32. The molecule has 7 nitrogen and oxygen atoms in total. The molecule has 0 amide bonds. The number of methoxy groups -OCH3 is 1. The van der Waals surface area contributed by atoms with E-state index in [4.69, 9.17) is 4.74 Å². The van der Waals surface area contributed by atoms with Gasteiger partial charge in [0.25, 0.3) is 0 Å². The van der Waals surface area contributed by atoms with Crippen molar-refractivity contribution in [2.24, 2.45) is 0 Å². The molecule has 9 heteroatoms. The van der Waals surface area contributed by atoms with Crippen molar-refractivity contribution in [2.45, 2.75) is 18.9 Å². The summed E-state index contributed by atoms with van der Waals surface area (Å²) in [4.78, 5) is 10.3. The lowest BCUT2D eigenvalue weighted by Crippen LogP contribution is -2.40. The third-order valence-electron chi connectivity index (χ3n) is 6.68. The Labute approximate surface area is 192 Å². The van der Waals surface area contributed by atoms with Gasteiger partial charge in [-0.1, -0.05) is 6.08 Å². The molecule has 1 atom stereocenters. The van der Waals surface area contributed by atoms with E-state index >= 15 is 0 Å². The predicted molar refractivity (Wildman–Crippen MR) is 127 cm³/mol. The summed E-state index contributed by atoms with van der Waals surface area (Å²) in [5, 5.41) is 0.916. The molecule has 0 aliphatic carbocycles. The van der Waals surface area contributed by atoms with Crippen molar-refractivity contribution in [3.63, 3.8) is 0 Å². The number of halogens is 1. The number of hydrogen-bond donors (Lipinski definition) is 1. The fraction of sp³-hybridized carbons (Fsp3) is 0.375. The highest BCUT2D eigenvalue weighted by Crippen LogP contribution is 2.36. The van der Waals surface area contributed by atoms with Gasteiger partial charge in [0.15, 0.2) is 0 Å². The maximum atomic E-state index is 14.0. The summed E-state index contributed by atoms with van der Waals surface area (Å²) >= 11 is 0. The lowest BCUT2D eigenvalue weighted by Gasteiger charge is -2.31. The van der Waals surface area contributed by atoms with Gasteiger partial charge >= 0.3 is 0 Å². The number of aromatic nitrogens is 2. The quantitative estimate of drug-likeness (QED) is 0.618. The molecule has 33 heavy (non-hydrogen) atoms. The number of H-pyrrole nitrogens is 1. The molecule has 1 unspecified atom stereocenters. The number of sulfonamides is 1. The molecule has 5 rings (SSSR count). The Balaban J connectivity index is 1.40. The van der Waals surface area contributed by atoms with Gasteiger partial charge in [-0.3, -0.25) is 4.90 Å². The van der Waals surface area contributed by atoms with Crippen LogP contribution < -0.4 is 4.74 Å². The molecule has 1 fully saturated rings. The maximum absolute atomic E-state index is 14.0. The minimum Gasteiger partial charge on any atom is -0.496 e. The molecule has 2 aliphatic rings. The van der Waals surface area contributed by atoms with Gasteiger partial charge in [-0.2, -0.15) is 0 Å². The van der Waals surface area contributed by atoms with Crippen molar-refractivity contribution < 1.29 is 17.5 Å². The topological polar surface area (TPSA) is 78.5 Å². The molecular formula is C24H27FN4O3S.